The summed E-state index contributed by atoms with van der Waals surface area (Å²) < 4.78 is 6.29. The second-order valence-corrected chi connectivity index (χ2v) is 6.28. The van der Waals surface area contributed by atoms with Gasteiger partial charge in [-0.3, -0.25) is 4.79 Å². The summed E-state index contributed by atoms with van der Waals surface area (Å²) >= 11 is 10.9. The van der Waals surface area contributed by atoms with Gasteiger partial charge in [-0.25, -0.2) is 0 Å². The average Bonchev–Trinajstić information content (AvgIpc) is 2.47. The molecule has 6 heteroatoms. The maximum atomic E-state index is 11.9. The number of carbonyl (C=O) groups excluding carboxylic acids is 1. The van der Waals surface area contributed by atoms with E-state index in [0.717, 1.165) is 15.1 Å². The number of thioether (sulfide) groups is 1. The van der Waals surface area contributed by atoms with Crippen LogP contribution < -0.4 is 10.1 Å². The summed E-state index contributed by atoms with van der Waals surface area (Å²) in [5, 5.41) is 3.29. The molecule has 2 rings (SSSR count). The molecule has 0 aliphatic rings. The number of ether oxygens (including phenoxy) is 1. The molecule has 2 aromatic rings. The van der Waals surface area contributed by atoms with Gasteiger partial charge in [0.15, 0.2) is 6.61 Å². The van der Waals surface area contributed by atoms with Gasteiger partial charge in [-0.15, -0.1) is 11.8 Å². The highest BCUT2D eigenvalue weighted by Gasteiger charge is 2.08. The second kappa shape index (κ2) is 7.73. The zero-order valence-electron chi connectivity index (χ0n) is 11.2. The normalized spacial score (nSPS) is 10.2. The lowest BCUT2D eigenvalue weighted by Gasteiger charge is -2.11. The number of amides is 1. The van der Waals surface area contributed by atoms with Gasteiger partial charge in [-0.2, -0.15) is 0 Å². The summed E-state index contributed by atoms with van der Waals surface area (Å²) in [7, 11) is 0. The molecule has 3 nitrogen and oxygen atoms in total. The predicted molar refractivity (Wildman–Crippen MR) is 91.5 cm³/mol. The fourth-order valence-electron chi connectivity index (χ4n) is 1.67. The van der Waals surface area contributed by atoms with E-state index in [9.17, 15) is 4.79 Å². The Morgan fingerprint density at radius 3 is 2.81 bits per heavy atom. The summed E-state index contributed by atoms with van der Waals surface area (Å²) in [5.74, 6) is 0.253. The number of hydrogen-bond donors (Lipinski definition) is 1. The summed E-state index contributed by atoms with van der Waals surface area (Å²) in [4.78, 5) is 12.9. The van der Waals surface area contributed by atoms with Gasteiger partial charge < -0.3 is 10.1 Å². The molecule has 2 aromatic carbocycles. The first kappa shape index (κ1) is 16.2. The molecular weight excluding hydrogens is 374 g/mol. The molecule has 0 heterocycles. The lowest BCUT2D eigenvalue weighted by Crippen LogP contribution is -2.20. The molecule has 0 spiro atoms. The van der Waals surface area contributed by atoms with Crippen molar-refractivity contribution in [2.75, 3.05) is 18.2 Å². The van der Waals surface area contributed by atoms with Gasteiger partial charge in [0.25, 0.3) is 5.91 Å². The van der Waals surface area contributed by atoms with Crippen LogP contribution in [0.25, 0.3) is 0 Å². The number of nitrogens with one attached hydrogen (secondary N) is 1. The smallest absolute Gasteiger partial charge is 0.262 e. The third-order valence-corrected chi connectivity index (χ3v) is 4.22. The Morgan fingerprint density at radius 1 is 1.33 bits per heavy atom. The molecule has 0 aromatic heterocycles. The van der Waals surface area contributed by atoms with E-state index in [2.05, 4.69) is 21.2 Å². The molecule has 0 aliphatic heterocycles. The van der Waals surface area contributed by atoms with Gasteiger partial charge in [0, 0.05) is 9.37 Å². The molecule has 0 fully saturated rings. The fourth-order valence-corrected chi connectivity index (χ4v) is 2.95. The minimum Gasteiger partial charge on any atom is -0.482 e. The Hall–Kier alpha value is -1.17. The number of halogens is 2. The molecule has 0 saturated carbocycles. The molecule has 0 saturated heterocycles. The quantitative estimate of drug-likeness (QED) is 0.747. The van der Waals surface area contributed by atoms with Crippen LogP contribution in [0.1, 0.15) is 0 Å². The van der Waals surface area contributed by atoms with Crippen LogP contribution in [-0.4, -0.2) is 18.8 Å². The van der Waals surface area contributed by atoms with Crippen molar-refractivity contribution >= 4 is 50.9 Å². The number of hydrogen-bond acceptors (Lipinski definition) is 3. The second-order valence-electron chi connectivity index (χ2n) is 4.11. The monoisotopic (exact) mass is 385 g/mol. The Bertz CT molecular complexity index is 651. The molecule has 1 amide bonds. The summed E-state index contributed by atoms with van der Waals surface area (Å²) in [5.41, 5.74) is 0.778. The van der Waals surface area contributed by atoms with Gasteiger partial charge in [0.2, 0.25) is 0 Å². The zero-order valence-corrected chi connectivity index (χ0v) is 14.4. The molecule has 0 unspecified atom stereocenters. The van der Waals surface area contributed by atoms with Crippen molar-refractivity contribution < 1.29 is 9.53 Å². The van der Waals surface area contributed by atoms with Crippen molar-refractivity contribution in [2.24, 2.45) is 0 Å². The summed E-state index contributed by atoms with van der Waals surface area (Å²) in [6.07, 6.45) is 1.96. The van der Waals surface area contributed by atoms with Crippen molar-refractivity contribution in [2.45, 2.75) is 4.90 Å². The lowest BCUT2D eigenvalue weighted by molar-refractivity contribution is -0.118. The molecule has 0 atom stereocenters. The van der Waals surface area contributed by atoms with E-state index in [1.54, 1.807) is 23.9 Å². The van der Waals surface area contributed by atoms with Crippen LogP contribution >= 0.6 is 39.3 Å². The van der Waals surface area contributed by atoms with E-state index < -0.39 is 0 Å². The van der Waals surface area contributed by atoms with Gasteiger partial charge in [-0.1, -0.05) is 39.7 Å². The highest BCUT2D eigenvalue weighted by Crippen LogP contribution is 2.28. The van der Waals surface area contributed by atoms with Crippen molar-refractivity contribution in [1.82, 2.24) is 0 Å². The molecule has 110 valence electrons. The summed E-state index contributed by atoms with van der Waals surface area (Å²) in [6, 6.07) is 12.9. The Kier molecular flexibility index (Phi) is 5.96. The van der Waals surface area contributed by atoms with Crippen LogP contribution in [0.15, 0.2) is 51.8 Å². The topological polar surface area (TPSA) is 38.3 Å². The number of anilines is 1. The van der Waals surface area contributed by atoms with E-state index in [1.807, 2.05) is 36.6 Å². The van der Waals surface area contributed by atoms with E-state index in [1.165, 1.54) is 0 Å². The van der Waals surface area contributed by atoms with E-state index in [0.29, 0.717) is 10.8 Å². The maximum Gasteiger partial charge on any atom is 0.262 e. The molecular formula is C15H13BrClNO2S. The number of para-hydroxylation sites is 1. The van der Waals surface area contributed by atoms with E-state index >= 15 is 0 Å². The van der Waals surface area contributed by atoms with E-state index in [-0.39, 0.29) is 12.5 Å². The average molecular weight is 387 g/mol. The minimum absolute atomic E-state index is 0.0932. The van der Waals surface area contributed by atoms with Crippen LogP contribution in [0.4, 0.5) is 5.69 Å². The first-order valence-electron chi connectivity index (χ1n) is 6.11. The van der Waals surface area contributed by atoms with Crippen molar-refractivity contribution in [3.8, 4) is 5.75 Å². The largest absolute Gasteiger partial charge is 0.482 e. The first-order valence-corrected chi connectivity index (χ1v) is 8.50. The van der Waals surface area contributed by atoms with Crippen LogP contribution in [0.3, 0.4) is 0 Å². The zero-order chi connectivity index (χ0) is 15.2. The van der Waals surface area contributed by atoms with Crippen LogP contribution in [0.2, 0.25) is 5.02 Å². The van der Waals surface area contributed by atoms with Gasteiger partial charge in [0.1, 0.15) is 5.75 Å². The Morgan fingerprint density at radius 2 is 2.10 bits per heavy atom. The van der Waals surface area contributed by atoms with E-state index in [4.69, 9.17) is 16.3 Å². The highest BCUT2D eigenvalue weighted by atomic mass is 79.9. The first-order chi connectivity index (χ1) is 10.1. The molecule has 0 radical (unpaired) electrons. The molecule has 0 bridgehead atoms. The number of benzene rings is 2. The standard InChI is InChI=1S/C15H13BrClNO2S/c1-21-14-5-3-2-4-12(14)18-15(19)9-20-13-7-6-10(16)8-11(13)17/h2-8H,9H2,1H3,(H,18,19). The van der Waals surface area contributed by atoms with Gasteiger partial charge >= 0.3 is 0 Å². The highest BCUT2D eigenvalue weighted by molar-refractivity contribution is 9.10. The SMILES string of the molecule is CSc1ccccc1NC(=O)COc1ccc(Br)cc1Cl. The number of rotatable bonds is 5. The number of carbonyl (C=O) groups is 1. The Balaban J connectivity index is 1.96. The maximum absolute atomic E-state index is 11.9. The van der Waals surface area contributed by atoms with Crippen molar-refractivity contribution in [1.29, 1.82) is 0 Å². The fraction of sp³-hybridized carbons (Fsp3) is 0.133. The van der Waals surface area contributed by atoms with Crippen LogP contribution in [0.5, 0.6) is 5.75 Å². The van der Waals surface area contributed by atoms with Gasteiger partial charge in [-0.05, 0) is 36.6 Å². The Labute approximate surface area is 141 Å². The van der Waals surface area contributed by atoms with Crippen LogP contribution in [-0.2, 0) is 4.79 Å². The van der Waals surface area contributed by atoms with Gasteiger partial charge in [0.05, 0.1) is 10.7 Å². The third-order valence-electron chi connectivity index (χ3n) is 2.63. The van der Waals surface area contributed by atoms with Crippen molar-refractivity contribution in [3.63, 3.8) is 0 Å². The van der Waals surface area contributed by atoms with Crippen molar-refractivity contribution in [3.05, 3.63) is 52.0 Å². The lowest BCUT2D eigenvalue weighted by atomic mass is 10.3. The molecule has 0 aliphatic carbocycles. The summed E-state index contributed by atoms with van der Waals surface area (Å²) in [6.45, 7) is -0.0932. The third kappa shape index (κ3) is 4.66. The molecule has 1 N–H and O–H groups in total. The predicted octanol–water partition coefficient (Wildman–Crippen LogP) is 4.84. The van der Waals surface area contributed by atoms with Crippen LogP contribution in [0, 0.1) is 0 Å². The molecule has 21 heavy (non-hydrogen) atoms. The minimum atomic E-state index is -0.226.